The number of aromatic nitrogens is 1. The number of amidine groups is 1. The highest BCUT2D eigenvalue weighted by Gasteiger charge is 2.16. The van der Waals surface area contributed by atoms with E-state index in [1.165, 1.54) is 0 Å². The first-order chi connectivity index (χ1) is 15.1. The minimum absolute atomic E-state index is 0.200. The van der Waals surface area contributed by atoms with Crippen molar-refractivity contribution in [2.45, 2.75) is 26.3 Å². The molecule has 6 nitrogen and oxygen atoms in total. The average Bonchev–Trinajstić information content (AvgIpc) is 3.34. The van der Waals surface area contributed by atoms with Crippen LogP contribution in [0.15, 0.2) is 66.9 Å². The second-order valence-corrected chi connectivity index (χ2v) is 7.81. The first-order valence-corrected chi connectivity index (χ1v) is 10.6. The number of benzene rings is 2. The van der Waals surface area contributed by atoms with Gasteiger partial charge in [0.25, 0.3) is 5.91 Å². The van der Waals surface area contributed by atoms with Crippen molar-refractivity contribution in [1.29, 1.82) is 5.41 Å². The summed E-state index contributed by atoms with van der Waals surface area (Å²) in [5.41, 5.74) is 4.41. The zero-order chi connectivity index (χ0) is 21.6. The summed E-state index contributed by atoms with van der Waals surface area (Å²) in [6.45, 7) is 4.49. The first kappa shape index (κ1) is 20.6. The van der Waals surface area contributed by atoms with Gasteiger partial charge in [0.05, 0.1) is 5.56 Å². The molecule has 0 unspecified atom stereocenters. The quantitative estimate of drug-likeness (QED) is 0.405. The normalized spacial score (nSPS) is 13.1. The van der Waals surface area contributed by atoms with Crippen molar-refractivity contribution in [2.24, 2.45) is 0 Å². The Labute approximate surface area is 182 Å². The van der Waals surface area contributed by atoms with Gasteiger partial charge in [0.1, 0.15) is 11.7 Å². The summed E-state index contributed by atoms with van der Waals surface area (Å²) in [6.07, 6.45) is 4.06. The fraction of sp³-hybridized carbons (Fsp3) is 0.240. The number of aryl methyl sites for hydroxylation is 1. The Morgan fingerprint density at radius 1 is 1.03 bits per heavy atom. The number of hydrogen-bond acceptors (Lipinski definition) is 4. The van der Waals surface area contributed by atoms with E-state index in [2.05, 4.69) is 20.5 Å². The number of rotatable bonds is 6. The van der Waals surface area contributed by atoms with E-state index in [9.17, 15) is 4.79 Å². The Hall–Kier alpha value is -3.67. The number of likely N-dealkylation sites (tertiary alicyclic amines) is 1. The highest BCUT2D eigenvalue weighted by molar-refractivity contribution is 6.07. The van der Waals surface area contributed by atoms with Gasteiger partial charge < -0.3 is 15.5 Å². The van der Waals surface area contributed by atoms with E-state index in [0.717, 1.165) is 48.3 Å². The molecule has 1 aromatic heterocycles. The topological polar surface area (TPSA) is 81.1 Å². The lowest BCUT2D eigenvalue weighted by Gasteiger charge is -2.18. The van der Waals surface area contributed by atoms with Gasteiger partial charge in [0.15, 0.2) is 0 Å². The van der Waals surface area contributed by atoms with Crippen LogP contribution in [0, 0.1) is 12.3 Å². The molecule has 0 atom stereocenters. The minimum atomic E-state index is -0.200. The molecule has 2 heterocycles. The van der Waals surface area contributed by atoms with Gasteiger partial charge in [-0.2, -0.15) is 0 Å². The minimum Gasteiger partial charge on any atom is -0.380 e. The number of hydrogen-bond donors (Lipinski definition) is 3. The molecule has 1 fully saturated rings. The number of amides is 1. The molecule has 1 aliphatic rings. The van der Waals surface area contributed by atoms with Crippen molar-refractivity contribution in [2.75, 3.05) is 23.7 Å². The van der Waals surface area contributed by atoms with Gasteiger partial charge in [-0.15, -0.1) is 0 Å². The monoisotopic (exact) mass is 413 g/mol. The third-order valence-corrected chi connectivity index (χ3v) is 5.46. The van der Waals surface area contributed by atoms with Crippen molar-refractivity contribution in [1.82, 2.24) is 9.88 Å². The van der Waals surface area contributed by atoms with Crippen LogP contribution in [0.25, 0.3) is 0 Å². The third kappa shape index (κ3) is 5.09. The highest BCUT2D eigenvalue weighted by atomic mass is 16.1. The fourth-order valence-electron chi connectivity index (χ4n) is 3.66. The smallest absolute Gasteiger partial charge is 0.258 e. The molecule has 0 bridgehead atoms. The van der Waals surface area contributed by atoms with Crippen LogP contribution in [-0.2, 0) is 6.54 Å². The van der Waals surface area contributed by atoms with Crippen LogP contribution >= 0.6 is 0 Å². The maximum atomic E-state index is 12.8. The van der Waals surface area contributed by atoms with Crippen LogP contribution in [0.2, 0.25) is 0 Å². The van der Waals surface area contributed by atoms with Crippen LogP contribution in [0.5, 0.6) is 0 Å². The number of anilines is 2. The predicted octanol–water partition coefficient (Wildman–Crippen LogP) is 4.68. The summed E-state index contributed by atoms with van der Waals surface area (Å²) in [4.78, 5) is 19.1. The van der Waals surface area contributed by atoms with E-state index in [0.29, 0.717) is 23.8 Å². The number of nitrogens with zero attached hydrogens (tertiary/aromatic N) is 2. The molecule has 0 radical (unpaired) electrons. The zero-order valence-corrected chi connectivity index (χ0v) is 17.7. The second-order valence-electron chi connectivity index (χ2n) is 7.81. The summed E-state index contributed by atoms with van der Waals surface area (Å²) in [6, 6.07) is 19.2. The molecule has 0 saturated carbocycles. The lowest BCUT2D eigenvalue weighted by molar-refractivity contribution is 0.102. The Balaban J connectivity index is 1.40. The highest BCUT2D eigenvalue weighted by Crippen LogP contribution is 2.19. The number of pyridine rings is 1. The van der Waals surface area contributed by atoms with E-state index >= 15 is 0 Å². The molecule has 3 N–H and O–H groups in total. The van der Waals surface area contributed by atoms with E-state index in [1.807, 2.05) is 55.5 Å². The molecule has 31 heavy (non-hydrogen) atoms. The molecule has 1 saturated heterocycles. The molecule has 6 heteroatoms. The molecule has 1 aliphatic heterocycles. The number of para-hydroxylation sites is 1. The Bertz CT molecular complexity index is 1050. The van der Waals surface area contributed by atoms with E-state index in [4.69, 9.17) is 5.41 Å². The zero-order valence-electron chi connectivity index (χ0n) is 17.7. The van der Waals surface area contributed by atoms with E-state index < -0.39 is 0 Å². The van der Waals surface area contributed by atoms with E-state index in [1.54, 1.807) is 18.3 Å². The van der Waals surface area contributed by atoms with Crippen molar-refractivity contribution in [3.63, 3.8) is 0 Å². The Morgan fingerprint density at radius 2 is 1.77 bits per heavy atom. The van der Waals surface area contributed by atoms with Gasteiger partial charge in [-0.1, -0.05) is 42.5 Å². The molecule has 4 rings (SSSR count). The second kappa shape index (κ2) is 9.43. The van der Waals surface area contributed by atoms with Gasteiger partial charge in [-0.25, -0.2) is 4.98 Å². The van der Waals surface area contributed by atoms with E-state index in [-0.39, 0.29) is 5.91 Å². The van der Waals surface area contributed by atoms with Crippen molar-refractivity contribution in [3.8, 4) is 0 Å². The first-order valence-electron chi connectivity index (χ1n) is 10.6. The molecular formula is C25H27N5O. The molecule has 1 amide bonds. The molecule has 3 aromatic rings. The fourth-order valence-corrected chi connectivity index (χ4v) is 3.66. The van der Waals surface area contributed by atoms with Crippen LogP contribution in [0.1, 0.15) is 39.9 Å². The van der Waals surface area contributed by atoms with Crippen LogP contribution in [-0.4, -0.2) is 34.7 Å². The SMILES string of the molecule is Cc1ccc(NC(=O)c2ccccc2NCc2ccc(C(=N)N3CCCC3)cc2)nc1. The summed E-state index contributed by atoms with van der Waals surface area (Å²) in [5.74, 6) is 0.930. The van der Waals surface area contributed by atoms with Gasteiger partial charge in [-0.05, 0) is 49.1 Å². The maximum Gasteiger partial charge on any atom is 0.258 e. The van der Waals surface area contributed by atoms with Crippen molar-refractivity contribution < 1.29 is 4.79 Å². The molecule has 158 valence electrons. The van der Waals surface area contributed by atoms with Gasteiger partial charge in [-0.3, -0.25) is 10.2 Å². The van der Waals surface area contributed by atoms with Crippen LogP contribution < -0.4 is 10.6 Å². The maximum absolute atomic E-state index is 12.8. The largest absolute Gasteiger partial charge is 0.380 e. The lowest BCUT2D eigenvalue weighted by Crippen LogP contribution is -2.27. The standard InChI is InChI=1S/C25H27N5O/c1-18-8-13-23(28-16-18)29-25(31)21-6-2-3-7-22(21)27-17-19-9-11-20(12-10-19)24(26)30-14-4-5-15-30/h2-3,6-13,16,26-27H,4-5,14-15,17H2,1H3,(H,28,29,31). The summed E-state index contributed by atoms with van der Waals surface area (Å²) in [7, 11) is 0. The van der Waals surface area contributed by atoms with Crippen molar-refractivity contribution >= 4 is 23.2 Å². The average molecular weight is 414 g/mol. The third-order valence-electron chi connectivity index (χ3n) is 5.46. The number of carbonyl (C=O) groups is 1. The van der Waals surface area contributed by atoms with Gasteiger partial charge in [0.2, 0.25) is 0 Å². The van der Waals surface area contributed by atoms with Crippen molar-refractivity contribution in [3.05, 3.63) is 89.1 Å². The summed E-state index contributed by atoms with van der Waals surface area (Å²) >= 11 is 0. The number of nitrogens with one attached hydrogen (secondary N) is 3. The predicted molar refractivity (Wildman–Crippen MR) is 125 cm³/mol. The van der Waals surface area contributed by atoms with Crippen LogP contribution in [0.4, 0.5) is 11.5 Å². The lowest BCUT2D eigenvalue weighted by atomic mass is 10.1. The number of carbonyl (C=O) groups excluding carboxylic acids is 1. The summed E-state index contributed by atoms with van der Waals surface area (Å²) in [5, 5.41) is 14.6. The Morgan fingerprint density at radius 3 is 2.48 bits per heavy atom. The Kier molecular flexibility index (Phi) is 6.26. The molecular weight excluding hydrogens is 386 g/mol. The van der Waals surface area contributed by atoms with Crippen LogP contribution in [0.3, 0.4) is 0 Å². The summed E-state index contributed by atoms with van der Waals surface area (Å²) < 4.78 is 0. The molecule has 0 spiro atoms. The molecule has 0 aliphatic carbocycles. The van der Waals surface area contributed by atoms with Gasteiger partial charge >= 0.3 is 0 Å². The molecule has 2 aromatic carbocycles. The van der Waals surface area contributed by atoms with Gasteiger partial charge in [0, 0.05) is 37.1 Å².